The summed E-state index contributed by atoms with van der Waals surface area (Å²) in [6.45, 7) is 4.15. The average molecular weight is 247 g/mol. The Hall–Kier alpha value is -1.35. The van der Waals surface area contributed by atoms with E-state index in [1.54, 1.807) is 0 Å². The van der Waals surface area contributed by atoms with E-state index in [1.165, 1.54) is 0 Å². The molecule has 0 heterocycles. The molecule has 1 aromatic rings. The molecule has 2 rings (SSSR count). The predicted octanol–water partition coefficient (Wildman–Crippen LogP) is 2.20. The molecule has 3 heteroatoms. The minimum absolute atomic E-state index is 0.0428. The lowest BCUT2D eigenvalue weighted by Crippen LogP contribution is -2.38. The molecule has 98 valence electrons. The molecule has 0 spiro atoms. The average Bonchev–Trinajstić information content (AvgIpc) is 2.66. The lowest BCUT2D eigenvalue weighted by molar-refractivity contribution is -0.123. The van der Waals surface area contributed by atoms with E-state index in [-0.39, 0.29) is 11.9 Å². The van der Waals surface area contributed by atoms with Crippen LogP contribution in [0.25, 0.3) is 0 Å². The molecule has 18 heavy (non-hydrogen) atoms. The molecule has 0 fully saturated rings. The van der Waals surface area contributed by atoms with Crippen LogP contribution in [0.15, 0.2) is 24.3 Å². The lowest BCUT2D eigenvalue weighted by atomic mass is 10.0. The first-order chi connectivity index (χ1) is 8.61. The van der Waals surface area contributed by atoms with E-state index >= 15 is 0 Å². The second-order valence-corrected chi connectivity index (χ2v) is 5.24. The van der Waals surface area contributed by atoms with Crippen molar-refractivity contribution in [1.82, 2.24) is 5.32 Å². The van der Waals surface area contributed by atoms with Gasteiger partial charge in [-0.25, -0.2) is 0 Å². The van der Waals surface area contributed by atoms with Crippen LogP contribution in [-0.2, 0) is 11.2 Å². The summed E-state index contributed by atoms with van der Waals surface area (Å²) in [6.07, 6.45) is 1.70. The van der Waals surface area contributed by atoms with Crippen LogP contribution >= 0.6 is 0 Å². The standard InChI is InChI=1S/C15H21NO2/c1-3-10(2)8-14(17)16-13-9-11-6-4-5-7-12(11)15(13)18/h4-7,10,13,15,18H,3,8-9H2,1-2H3,(H,16,17). The summed E-state index contributed by atoms with van der Waals surface area (Å²) in [5.41, 5.74) is 2.09. The van der Waals surface area contributed by atoms with Gasteiger partial charge in [-0.15, -0.1) is 0 Å². The van der Waals surface area contributed by atoms with Crippen molar-refractivity contribution in [3.63, 3.8) is 0 Å². The van der Waals surface area contributed by atoms with E-state index < -0.39 is 6.10 Å². The molecule has 1 aromatic carbocycles. The normalized spacial score (nSPS) is 23.5. The zero-order valence-corrected chi connectivity index (χ0v) is 11.0. The Morgan fingerprint density at radius 3 is 2.89 bits per heavy atom. The quantitative estimate of drug-likeness (QED) is 0.857. The number of carbonyl (C=O) groups is 1. The number of hydrogen-bond acceptors (Lipinski definition) is 2. The van der Waals surface area contributed by atoms with E-state index in [9.17, 15) is 9.90 Å². The third-order valence-electron chi connectivity index (χ3n) is 3.77. The van der Waals surface area contributed by atoms with Gasteiger partial charge in [-0.1, -0.05) is 44.5 Å². The van der Waals surface area contributed by atoms with Gasteiger partial charge in [-0.3, -0.25) is 4.79 Å². The highest BCUT2D eigenvalue weighted by molar-refractivity contribution is 5.76. The summed E-state index contributed by atoms with van der Waals surface area (Å²) in [5, 5.41) is 13.1. The summed E-state index contributed by atoms with van der Waals surface area (Å²) in [6, 6.07) is 7.67. The predicted molar refractivity (Wildman–Crippen MR) is 71.1 cm³/mol. The van der Waals surface area contributed by atoms with Crippen molar-refractivity contribution in [3.05, 3.63) is 35.4 Å². The lowest BCUT2D eigenvalue weighted by Gasteiger charge is -2.18. The number of rotatable bonds is 4. The summed E-state index contributed by atoms with van der Waals surface area (Å²) in [7, 11) is 0. The first-order valence-corrected chi connectivity index (χ1v) is 6.67. The summed E-state index contributed by atoms with van der Waals surface area (Å²) >= 11 is 0. The molecule has 1 aliphatic rings. The number of nitrogens with one attached hydrogen (secondary N) is 1. The number of fused-ring (bicyclic) bond motifs is 1. The molecule has 0 bridgehead atoms. The molecule has 1 aliphatic carbocycles. The van der Waals surface area contributed by atoms with Crippen molar-refractivity contribution in [2.75, 3.05) is 0 Å². The SMILES string of the molecule is CCC(C)CC(=O)NC1Cc2ccccc2C1O. The Morgan fingerprint density at radius 1 is 1.50 bits per heavy atom. The number of carbonyl (C=O) groups excluding carboxylic acids is 1. The van der Waals surface area contributed by atoms with Gasteiger partial charge in [0.05, 0.1) is 12.1 Å². The number of aliphatic hydroxyl groups excluding tert-OH is 1. The highest BCUT2D eigenvalue weighted by atomic mass is 16.3. The molecule has 0 aromatic heterocycles. The number of benzene rings is 1. The third-order valence-corrected chi connectivity index (χ3v) is 3.77. The van der Waals surface area contributed by atoms with Gasteiger partial charge in [0.25, 0.3) is 0 Å². The van der Waals surface area contributed by atoms with Gasteiger partial charge in [0.2, 0.25) is 5.91 Å². The van der Waals surface area contributed by atoms with Crippen LogP contribution in [-0.4, -0.2) is 17.1 Å². The maximum Gasteiger partial charge on any atom is 0.220 e. The fraction of sp³-hybridized carbons (Fsp3) is 0.533. The van der Waals surface area contributed by atoms with Gasteiger partial charge < -0.3 is 10.4 Å². The zero-order chi connectivity index (χ0) is 13.1. The van der Waals surface area contributed by atoms with E-state index in [4.69, 9.17) is 0 Å². The smallest absolute Gasteiger partial charge is 0.220 e. The Labute approximate surface area is 108 Å². The summed E-state index contributed by atoms with van der Waals surface area (Å²) < 4.78 is 0. The zero-order valence-electron chi connectivity index (χ0n) is 11.0. The first-order valence-electron chi connectivity index (χ1n) is 6.67. The maximum atomic E-state index is 11.8. The second kappa shape index (κ2) is 5.53. The number of aliphatic hydroxyl groups is 1. The molecule has 2 N–H and O–H groups in total. The number of amides is 1. The summed E-state index contributed by atoms with van der Waals surface area (Å²) in [4.78, 5) is 11.8. The molecule has 0 radical (unpaired) electrons. The maximum absolute atomic E-state index is 11.8. The van der Waals surface area contributed by atoms with Crippen molar-refractivity contribution in [2.24, 2.45) is 5.92 Å². The Morgan fingerprint density at radius 2 is 2.22 bits per heavy atom. The van der Waals surface area contributed by atoms with Crippen molar-refractivity contribution in [3.8, 4) is 0 Å². The van der Waals surface area contributed by atoms with Crippen LogP contribution in [0.2, 0.25) is 0 Å². The molecule has 0 aliphatic heterocycles. The van der Waals surface area contributed by atoms with Crippen LogP contribution in [0.4, 0.5) is 0 Å². The topological polar surface area (TPSA) is 49.3 Å². The van der Waals surface area contributed by atoms with E-state index in [2.05, 4.69) is 19.2 Å². The highest BCUT2D eigenvalue weighted by Gasteiger charge is 2.31. The van der Waals surface area contributed by atoms with Gasteiger partial charge in [0.1, 0.15) is 0 Å². The van der Waals surface area contributed by atoms with Gasteiger partial charge in [-0.2, -0.15) is 0 Å². The molecule has 0 saturated carbocycles. The molecule has 0 saturated heterocycles. The van der Waals surface area contributed by atoms with E-state index in [0.717, 1.165) is 24.0 Å². The molecular weight excluding hydrogens is 226 g/mol. The van der Waals surface area contributed by atoms with Crippen molar-refractivity contribution in [2.45, 2.75) is 45.3 Å². The minimum atomic E-state index is -0.568. The van der Waals surface area contributed by atoms with Gasteiger partial charge in [-0.05, 0) is 23.5 Å². The van der Waals surface area contributed by atoms with Gasteiger partial charge >= 0.3 is 0 Å². The summed E-state index contributed by atoms with van der Waals surface area (Å²) in [5.74, 6) is 0.437. The minimum Gasteiger partial charge on any atom is -0.386 e. The van der Waals surface area contributed by atoms with Crippen molar-refractivity contribution in [1.29, 1.82) is 0 Å². The van der Waals surface area contributed by atoms with Crippen LogP contribution in [0, 0.1) is 5.92 Å². The van der Waals surface area contributed by atoms with Crippen LogP contribution in [0.1, 0.15) is 43.9 Å². The third kappa shape index (κ3) is 2.72. The van der Waals surface area contributed by atoms with Crippen molar-refractivity contribution >= 4 is 5.91 Å². The highest BCUT2D eigenvalue weighted by Crippen LogP contribution is 2.31. The van der Waals surface area contributed by atoms with Crippen LogP contribution in [0.5, 0.6) is 0 Å². The van der Waals surface area contributed by atoms with Gasteiger partial charge in [0, 0.05) is 6.42 Å². The molecule has 1 amide bonds. The fourth-order valence-electron chi connectivity index (χ4n) is 2.43. The molecule has 3 atom stereocenters. The van der Waals surface area contributed by atoms with Crippen LogP contribution < -0.4 is 5.32 Å². The second-order valence-electron chi connectivity index (χ2n) is 5.24. The van der Waals surface area contributed by atoms with E-state index in [0.29, 0.717) is 12.3 Å². The molecular formula is C15H21NO2. The molecule has 3 nitrogen and oxygen atoms in total. The van der Waals surface area contributed by atoms with Crippen LogP contribution in [0.3, 0.4) is 0 Å². The fourth-order valence-corrected chi connectivity index (χ4v) is 2.43. The molecule has 3 unspecified atom stereocenters. The first kappa shape index (κ1) is 13.1. The number of hydrogen-bond donors (Lipinski definition) is 2. The monoisotopic (exact) mass is 247 g/mol. The van der Waals surface area contributed by atoms with Crippen molar-refractivity contribution < 1.29 is 9.90 Å². The Kier molecular flexibility index (Phi) is 4.02. The largest absolute Gasteiger partial charge is 0.386 e. The van der Waals surface area contributed by atoms with E-state index in [1.807, 2.05) is 24.3 Å². The Bertz CT molecular complexity index is 430. The Balaban J connectivity index is 1.95. The van der Waals surface area contributed by atoms with Gasteiger partial charge in [0.15, 0.2) is 0 Å².